The fourth-order valence-electron chi connectivity index (χ4n) is 1.53. The first kappa shape index (κ1) is 10.2. The zero-order valence-electron chi connectivity index (χ0n) is 8.51. The van der Waals surface area contributed by atoms with Crippen LogP contribution in [0, 0.1) is 5.82 Å². The molecule has 0 atom stereocenters. The number of benzene rings is 1. The van der Waals surface area contributed by atoms with Gasteiger partial charge in [0.05, 0.1) is 18.0 Å². The summed E-state index contributed by atoms with van der Waals surface area (Å²) < 4.78 is 15.0. The fourth-order valence-corrected chi connectivity index (χ4v) is 1.67. The van der Waals surface area contributed by atoms with Gasteiger partial charge in [0.1, 0.15) is 11.0 Å². The molecule has 1 aromatic carbocycles. The number of hydrogen-bond acceptors (Lipinski definition) is 3. The summed E-state index contributed by atoms with van der Waals surface area (Å²) in [5.41, 5.74) is 0.875. The van der Waals surface area contributed by atoms with Crippen LogP contribution in [0.25, 0.3) is 17.0 Å². The molecule has 6 heteroatoms. The van der Waals surface area contributed by atoms with E-state index in [-0.39, 0.29) is 5.82 Å². The first-order valence-electron chi connectivity index (χ1n) is 4.87. The first-order chi connectivity index (χ1) is 8.24. The highest BCUT2D eigenvalue weighted by molar-refractivity contribution is 6.29. The summed E-state index contributed by atoms with van der Waals surface area (Å²) in [6, 6.07) is 6.34. The molecule has 0 saturated heterocycles. The minimum Gasteiger partial charge on any atom is -0.239 e. The summed E-state index contributed by atoms with van der Waals surface area (Å²) in [7, 11) is 0. The van der Waals surface area contributed by atoms with Crippen molar-refractivity contribution < 1.29 is 4.39 Å². The van der Waals surface area contributed by atoms with Gasteiger partial charge in [0.25, 0.3) is 0 Å². The lowest BCUT2D eigenvalue weighted by atomic mass is 10.2. The number of aromatic nitrogens is 4. The smallest absolute Gasteiger partial charge is 0.185 e. The minimum atomic E-state index is -0.359. The van der Waals surface area contributed by atoms with Crippen molar-refractivity contribution in [3.05, 3.63) is 47.6 Å². The van der Waals surface area contributed by atoms with E-state index < -0.39 is 0 Å². The molecule has 2 heterocycles. The third-order valence-corrected chi connectivity index (χ3v) is 2.50. The van der Waals surface area contributed by atoms with E-state index in [2.05, 4.69) is 15.1 Å². The second kappa shape index (κ2) is 3.78. The summed E-state index contributed by atoms with van der Waals surface area (Å²) in [5.74, 6) is -0.0466. The Bertz CT molecular complexity index is 695. The zero-order valence-corrected chi connectivity index (χ0v) is 9.26. The number of fused-ring (bicyclic) bond motifs is 1. The summed E-state index contributed by atoms with van der Waals surface area (Å²) in [6.45, 7) is 0. The Labute approximate surface area is 101 Å². The Kier molecular flexibility index (Phi) is 2.26. The van der Waals surface area contributed by atoms with Gasteiger partial charge in [-0.3, -0.25) is 0 Å². The number of nitrogens with zero attached hydrogens (tertiary/aromatic N) is 4. The fraction of sp³-hybridized carbons (Fsp3) is 0. The van der Waals surface area contributed by atoms with Crippen molar-refractivity contribution in [2.24, 2.45) is 0 Å². The van der Waals surface area contributed by atoms with Crippen LogP contribution in [0.1, 0.15) is 0 Å². The third-order valence-electron chi connectivity index (χ3n) is 2.30. The predicted octanol–water partition coefficient (Wildman–Crippen LogP) is 2.58. The molecular weight excluding hydrogens is 243 g/mol. The largest absolute Gasteiger partial charge is 0.239 e. The molecule has 0 N–H and O–H groups in total. The van der Waals surface area contributed by atoms with E-state index >= 15 is 0 Å². The highest BCUT2D eigenvalue weighted by Crippen LogP contribution is 2.19. The molecule has 0 spiro atoms. The van der Waals surface area contributed by atoms with Crippen LogP contribution in [0.2, 0.25) is 5.15 Å². The molecule has 0 radical (unpaired) electrons. The molecule has 0 aliphatic carbocycles. The van der Waals surface area contributed by atoms with Crippen molar-refractivity contribution in [1.82, 2.24) is 19.6 Å². The van der Waals surface area contributed by atoms with Crippen molar-refractivity contribution in [2.45, 2.75) is 0 Å². The Hall–Kier alpha value is -2.01. The van der Waals surface area contributed by atoms with Crippen molar-refractivity contribution in [1.29, 1.82) is 0 Å². The van der Waals surface area contributed by atoms with Gasteiger partial charge in [0.2, 0.25) is 0 Å². The van der Waals surface area contributed by atoms with Crippen LogP contribution in [0.3, 0.4) is 0 Å². The van der Waals surface area contributed by atoms with Crippen molar-refractivity contribution in [3.8, 4) is 11.4 Å². The molecule has 4 nitrogen and oxygen atoms in total. The molecule has 0 aliphatic rings. The normalized spacial score (nSPS) is 10.9. The van der Waals surface area contributed by atoms with E-state index in [1.165, 1.54) is 23.0 Å². The molecule has 0 amide bonds. The van der Waals surface area contributed by atoms with Gasteiger partial charge in [-0.05, 0) is 12.1 Å². The van der Waals surface area contributed by atoms with Gasteiger partial charge in [-0.2, -0.15) is 0 Å². The van der Waals surface area contributed by atoms with Gasteiger partial charge in [-0.15, -0.1) is 5.10 Å². The Morgan fingerprint density at radius 3 is 2.88 bits per heavy atom. The van der Waals surface area contributed by atoms with Crippen LogP contribution >= 0.6 is 11.6 Å². The topological polar surface area (TPSA) is 43.1 Å². The van der Waals surface area contributed by atoms with Gasteiger partial charge in [-0.1, -0.05) is 23.7 Å². The minimum absolute atomic E-state index is 0.308. The Balaban J connectivity index is 2.22. The summed E-state index contributed by atoms with van der Waals surface area (Å²) in [5, 5.41) is 4.45. The van der Waals surface area contributed by atoms with Crippen molar-refractivity contribution >= 4 is 17.2 Å². The second-order valence-electron chi connectivity index (χ2n) is 3.43. The summed E-state index contributed by atoms with van der Waals surface area (Å²) >= 11 is 5.73. The Morgan fingerprint density at radius 1 is 1.24 bits per heavy atom. The molecule has 0 bridgehead atoms. The van der Waals surface area contributed by atoms with E-state index in [0.717, 1.165) is 0 Å². The van der Waals surface area contributed by atoms with Crippen molar-refractivity contribution in [2.75, 3.05) is 0 Å². The van der Waals surface area contributed by atoms with Gasteiger partial charge >= 0.3 is 0 Å². The van der Waals surface area contributed by atoms with E-state index in [1.807, 2.05) is 0 Å². The van der Waals surface area contributed by atoms with Gasteiger partial charge in [0, 0.05) is 0 Å². The van der Waals surface area contributed by atoms with Crippen molar-refractivity contribution in [3.63, 3.8) is 0 Å². The SMILES string of the molecule is Fc1ccccc1-c1nc2cnc(Cl)cn2n1. The average molecular weight is 249 g/mol. The number of halogens is 2. The van der Waals surface area contributed by atoms with Gasteiger partial charge in [-0.25, -0.2) is 18.9 Å². The lowest BCUT2D eigenvalue weighted by molar-refractivity contribution is 0.630. The highest BCUT2D eigenvalue weighted by Gasteiger charge is 2.10. The molecule has 0 saturated carbocycles. The lowest BCUT2D eigenvalue weighted by Crippen LogP contribution is -1.89. The average Bonchev–Trinajstić information content (AvgIpc) is 2.72. The predicted molar refractivity (Wildman–Crippen MR) is 61.2 cm³/mol. The highest BCUT2D eigenvalue weighted by atomic mass is 35.5. The number of hydrogen-bond donors (Lipinski definition) is 0. The van der Waals surface area contributed by atoms with Crippen LogP contribution in [0.15, 0.2) is 36.7 Å². The molecule has 2 aromatic heterocycles. The van der Waals surface area contributed by atoms with Crippen LogP contribution in [0.5, 0.6) is 0 Å². The molecule has 0 unspecified atom stereocenters. The van der Waals surface area contributed by atoms with E-state index in [1.54, 1.807) is 18.2 Å². The maximum atomic E-state index is 13.6. The van der Waals surface area contributed by atoms with Gasteiger partial charge < -0.3 is 0 Å². The van der Waals surface area contributed by atoms with Crippen LogP contribution in [-0.4, -0.2) is 19.6 Å². The quantitative estimate of drug-likeness (QED) is 0.665. The molecule has 17 heavy (non-hydrogen) atoms. The maximum absolute atomic E-state index is 13.6. The number of rotatable bonds is 1. The maximum Gasteiger partial charge on any atom is 0.185 e. The second-order valence-corrected chi connectivity index (χ2v) is 3.82. The standard InChI is InChI=1S/C11H6ClFN4/c12-9-6-17-10(5-14-9)15-11(16-17)7-3-1-2-4-8(7)13/h1-6H. The first-order valence-corrected chi connectivity index (χ1v) is 5.25. The van der Waals surface area contributed by atoms with Crippen LogP contribution < -0.4 is 0 Å². The summed E-state index contributed by atoms with van der Waals surface area (Å²) in [6.07, 6.45) is 3.01. The molecular formula is C11H6ClFN4. The van der Waals surface area contributed by atoms with E-state index in [4.69, 9.17) is 11.6 Å². The lowest BCUT2D eigenvalue weighted by Gasteiger charge is -1.95. The zero-order chi connectivity index (χ0) is 11.8. The summed E-state index contributed by atoms with van der Waals surface area (Å²) in [4.78, 5) is 8.06. The molecule has 0 aliphatic heterocycles. The Morgan fingerprint density at radius 2 is 2.06 bits per heavy atom. The molecule has 0 fully saturated rings. The van der Waals surface area contributed by atoms with E-state index in [0.29, 0.717) is 22.2 Å². The molecule has 3 rings (SSSR count). The van der Waals surface area contributed by atoms with Crippen LogP contribution in [-0.2, 0) is 0 Å². The van der Waals surface area contributed by atoms with E-state index in [9.17, 15) is 4.39 Å². The van der Waals surface area contributed by atoms with Crippen LogP contribution in [0.4, 0.5) is 4.39 Å². The molecule has 84 valence electrons. The molecule has 3 aromatic rings. The van der Waals surface area contributed by atoms with Gasteiger partial charge in [0.15, 0.2) is 11.5 Å². The third kappa shape index (κ3) is 1.74. The monoisotopic (exact) mass is 248 g/mol.